The van der Waals surface area contributed by atoms with Crippen molar-refractivity contribution in [1.29, 1.82) is 0 Å². The van der Waals surface area contributed by atoms with Gasteiger partial charge in [-0.25, -0.2) is 14.8 Å². The van der Waals surface area contributed by atoms with Crippen LogP contribution in [0.3, 0.4) is 0 Å². The van der Waals surface area contributed by atoms with Gasteiger partial charge in [-0.05, 0) is 18.6 Å². The van der Waals surface area contributed by atoms with Gasteiger partial charge in [0.05, 0.1) is 33.7 Å². The maximum atomic E-state index is 11.8. The van der Waals surface area contributed by atoms with Crippen molar-refractivity contribution in [3.8, 4) is 5.69 Å². The van der Waals surface area contributed by atoms with Crippen molar-refractivity contribution in [2.45, 2.75) is 18.6 Å². The average molecular weight is 407 g/mol. The number of carbonyl (C=O) groups is 1. The minimum absolute atomic E-state index is 0.326. The number of ether oxygens (including phenoxy) is 1. The lowest BCUT2D eigenvalue weighted by atomic mass is 10.1. The number of carboxylic acids is 1. The molecule has 0 radical (unpaired) electrons. The zero-order valence-electron chi connectivity index (χ0n) is 14.3. The van der Waals surface area contributed by atoms with Crippen molar-refractivity contribution >= 4 is 45.9 Å². The molecule has 27 heavy (non-hydrogen) atoms. The first-order chi connectivity index (χ1) is 13.0. The highest BCUT2D eigenvalue weighted by Crippen LogP contribution is 2.36. The third kappa shape index (κ3) is 3.01. The number of aromatic nitrogens is 3. The molecule has 1 N–H and O–H groups in total. The summed E-state index contributed by atoms with van der Waals surface area (Å²) in [5, 5.41) is 11.2. The Kier molecular flexibility index (Phi) is 4.67. The summed E-state index contributed by atoms with van der Waals surface area (Å²) in [5.41, 5.74) is 1.30. The van der Waals surface area contributed by atoms with Gasteiger partial charge in [-0.3, -0.25) is 0 Å². The molecule has 0 bridgehead atoms. The molecule has 1 aromatic carbocycles. The van der Waals surface area contributed by atoms with Gasteiger partial charge >= 0.3 is 5.97 Å². The summed E-state index contributed by atoms with van der Waals surface area (Å²) in [6.45, 7) is 0.509. The SMILES string of the molecule is CO[C@H]1CCN(c2cc(-n3ccnc3)c3ccc(Cl)c(Cl)c3n2)[C@@H]1C(=O)O. The van der Waals surface area contributed by atoms with E-state index in [0.29, 0.717) is 34.3 Å². The van der Waals surface area contributed by atoms with E-state index in [0.717, 1.165) is 11.1 Å². The molecule has 0 unspecified atom stereocenters. The van der Waals surface area contributed by atoms with Crippen LogP contribution in [0.4, 0.5) is 5.82 Å². The zero-order chi connectivity index (χ0) is 19.1. The van der Waals surface area contributed by atoms with Crippen LogP contribution in [0.2, 0.25) is 10.0 Å². The van der Waals surface area contributed by atoms with E-state index in [-0.39, 0.29) is 0 Å². The number of methoxy groups -OCH3 is 1. The third-order valence-corrected chi connectivity index (χ3v) is 5.61. The Labute approximate surface area is 165 Å². The molecule has 1 fully saturated rings. The molecule has 0 amide bonds. The van der Waals surface area contributed by atoms with Crippen LogP contribution in [0.15, 0.2) is 36.9 Å². The number of fused-ring (bicyclic) bond motifs is 1. The van der Waals surface area contributed by atoms with Gasteiger partial charge in [0.2, 0.25) is 0 Å². The fourth-order valence-corrected chi connectivity index (χ4v) is 3.88. The molecular weight excluding hydrogens is 391 g/mol. The highest BCUT2D eigenvalue weighted by Gasteiger charge is 2.40. The number of pyridine rings is 1. The van der Waals surface area contributed by atoms with E-state index >= 15 is 0 Å². The first kappa shape index (κ1) is 18.0. The lowest BCUT2D eigenvalue weighted by Crippen LogP contribution is -2.43. The number of hydrogen-bond acceptors (Lipinski definition) is 5. The zero-order valence-corrected chi connectivity index (χ0v) is 15.9. The van der Waals surface area contributed by atoms with Gasteiger partial charge in [0.1, 0.15) is 5.82 Å². The highest BCUT2D eigenvalue weighted by atomic mass is 35.5. The lowest BCUT2D eigenvalue weighted by molar-refractivity contribution is -0.141. The average Bonchev–Trinajstić information content (AvgIpc) is 3.33. The summed E-state index contributed by atoms with van der Waals surface area (Å²) < 4.78 is 7.19. The molecule has 1 aliphatic heterocycles. The molecule has 3 aromatic rings. The van der Waals surface area contributed by atoms with Gasteiger partial charge in [0, 0.05) is 37.5 Å². The summed E-state index contributed by atoms with van der Waals surface area (Å²) >= 11 is 12.6. The van der Waals surface area contributed by atoms with Crippen molar-refractivity contribution in [3.63, 3.8) is 0 Å². The van der Waals surface area contributed by atoms with Gasteiger partial charge in [-0.1, -0.05) is 23.2 Å². The molecule has 140 valence electrons. The predicted molar refractivity (Wildman–Crippen MR) is 103 cm³/mol. The van der Waals surface area contributed by atoms with E-state index in [2.05, 4.69) is 9.97 Å². The molecule has 9 heteroatoms. The second-order valence-electron chi connectivity index (χ2n) is 6.27. The normalized spacial score (nSPS) is 19.7. The monoisotopic (exact) mass is 406 g/mol. The van der Waals surface area contributed by atoms with Crippen LogP contribution in [-0.4, -0.2) is 51.4 Å². The Morgan fingerprint density at radius 1 is 1.37 bits per heavy atom. The van der Waals surface area contributed by atoms with Crippen LogP contribution in [0.25, 0.3) is 16.6 Å². The van der Waals surface area contributed by atoms with Crippen LogP contribution >= 0.6 is 23.2 Å². The third-order valence-electron chi connectivity index (χ3n) is 4.81. The largest absolute Gasteiger partial charge is 0.480 e. The van der Waals surface area contributed by atoms with Gasteiger partial charge < -0.3 is 19.3 Å². The van der Waals surface area contributed by atoms with Crippen molar-refractivity contribution in [2.24, 2.45) is 0 Å². The Bertz CT molecular complexity index is 1010. The van der Waals surface area contributed by atoms with Crippen LogP contribution in [-0.2, 0) is 9.53 Å². The first-order valence-electron chi connectivity index (χ1n) is 8.30. The molecular formula is C18H16Cl2N4O3. The fraction of sp³-hybridized carbons (Fsp3) is 0.278. The minimum Gasteiger partial charge on any atom is -0.480 e. The molecule has 2 atom stereocenters. The summed E-state index contributed by atoms with van der Waals surface area (Å²) in [6.07, 6.45) is 5.32. The Balaban J connectivity index is 1.94. The standard InChI is InChI=1S/C18H16Cl2N4O3/c1-27-13-4-6-24(17(13)18(25)26)14-8-12(23-7-5-21-9-23)10-2-3-11(19)15(20)16(10)22-14/h2-3,5,7-9,13,17H,4,6H2,1H3,(H,25,26)/t13-,17-/m0/s1. The Hall–Kier alpha value is -2.35. The predicted octanol–water partition coefficient (Wildman–Crippen LogP) is 3.41. The first-order valence-corrected chi connectivity index (χ1v) is 9.06. The lowest BCUT2D eigenvalue weighted by Gasteiger charge is -2.26. The molecule has 1 aliphatic rings. The van der Waals surface area contributed by atoms with Gasteiger partial charge in [-0.15, -0.1) is 0 Å². The Morgan fingerprint density at radius 3 is 2.85 bits per heavy atom. The fourth-order valence-electron chi connectivity index (χ4n) is 3.53. The summed E-state index contributed by atoms with van der Waals surface area (Å²) in [6, 6.07) is 4.56. The minimum atomic E-state index is -0.956. The maximum absolute atomic E-state index is 11.8. The molecule has 0 spiro atoms. The number of imidazole rings is 1. The van der Waals surface area contributed by atoms with E-state index in [9.17, 15) is 9.90 Å². The number of carboxylic acid groups (broad SMARTS) is 1. The second kappa shape index (κ2) is 6.99. The number of rotatable bonds is 4. The number of aliphatic carboxylic acids is 1. The molecule has 0 aliphatic carbocycles. The van der Waals surface area contributed by atoms with Gasteiger partial charge in [0.15, 0.2) is 6.04 Å². The van der Waals surface area contributed by atoms with Crippen LogP contribution in [0.1, 0.15) is 6.42 Å². The van der Waals surface area contributed by atoms with E-state index in [1.807, 2.05) is 16.7 Å². The second-order valence-corrected chi connectivity index (χ2v) is 7.05. The smallest absolute Gasteiger partial charge is 0.329 e. The topological polar surface area (TPSA) is 80.5 Å². The number of halogens is 2. The number of benzene rings is 1. The van der Waals surface area contributed by atoms with E-state index < -0.39 is 18.1 Å². The van der Waals surface area contributed by atoms with Crippen LogP contribution in [0.5, 0.6) is 0 Å². The quantitative estimate of drug-likeness (QED) is 0.714. The van der Waals surface area contributed by atoms with Gasteiger partial charge in [-0.2, -0.15) is 0 Å². The number of nitrogens with zero attached hydrogens (tertiary/aromatic N) is 4. The van der Waals surface area contributed by atoms with Crippen molar-refractivity contribution in [3.05, 3.63) is 47.0 Å². The summed E-state index contributed by atoms with van der Waals surface area (Å²) in [4.78, 5) is 22.3. The molecule has 1 saturated heterocycles. The highest BCUT2D eigenvalue weighted by molar-refractivity contribution is 6.45. The van der Waals surface area contributed by atoms with Gasteiger partial charge in [0.25, 0.3) is 0 Å². The van der Waals surface area contributed by atoms with Crippen LogP contribution < -0.4 is 4.90 Å². The number of anilines is 1. The molecule has 3 heterocycles. The maximum Gasteiger partial charge on any atom is 0.329 e. The molecule has 4 rings (SSSR count). The van der Waals surface area contributed by atoms with Crippen molar-refractivity contribution in [2.75, 3.05) is 18.6 Å². The van der Waals surface area contributed by atoms with Crippen molar-refractivity contribution < 1.29 is 14.6 Å². The summed E-state index contributed by atoms with van der Waals surface area (Å²) in [7, 11) is 1.52. The van der Waals surface area contributed by atoms with Crippen molar-refractivity contribution in [1.82, 2.24) is 14.5 Å². The molecule has 0 saturated carbocycles. The number of hydrogen-bond donors (Lipinski definition) is 1. The molecule has 7 nitrogen and oxygen atoms in total. The summed E-state index contributed by atoms with van der Waals surface area (Å²) in [5.74, 6) is -0.454. The van der Waals surface area contributed by atoms with E-state index in [4.69, 9.17) is 27.9 Å². The van der Waals surface area contributed by atoms with E-state index in [1.54, 1.807) is 29.7 Å². The van der Waals surface area contributed by atoms with E-state index in [1.165, 1.54) is 7.11 Å². The molecule has 2 aromatic heterocycles. The Morgan fingerprint density at radius 2 is 2.19 bits per heavy atom. The van der Waals surface area contributed by atoms with Crippen LogP contribution in [0, 0.1) is 0 Å².